The largest absolute Gasteiger partial charge is 0.336 e. The van der Waals surface area contributed by atoms with E-state index in [1.807, 2.05) is 30.3 Å². The summed E-state index contributed by atoms with van der Waals surface area (Å²) in [5.41, 5.74) is 2.15. The highest BCUT2D eigenvalue weighted by atomic mass is 16.2. The fraction of sp³-hybridized carbons (Fsp3) is 0.400. The number of aromatic nitrogens is 2. The van der Waals surface area contributed by atoms with Gasteiger partial charge in [-0.1, -0.05) is 30.3 Å². The first-order valence-electron chi connectivity index (χ1n) is 9.34. The highest BCUT2D eigenvalue weighted by molar-refractivity contribution is 5.89. The van der Waals surface area contributed by atoms with Crippen LogP contribution in [0, 0.1) is 0 Å². The number of aromatic amines is 1. The third-order valence-corrected chi connectivity index (χ3v) is 5.29. The van der Waals surface area contributed by atoms with Gasteiger partial charge in [0.25, 0.3) is 5.56 Å². The third-order valence-electron chi connectivity index (χ3n) is 5.29. The molecule has 7 nitrogen and oxygen atoms in total. The maximum Gasteiger partial charge on any atom is 0.264 e. The first-order valence-corrected chi connectivity index (χ1v) is 9.34. The Morgan fingerprint density at radius 1 is 1.07 bits per heavy atom. The van der Waals surface area contributed by atoms with Gasteiger partial charge in [-0.25, -0.2) is 5.10 Å². The summed E-state index contributed by atoms with van der Waals surface area (Å²) in [5.74, 6) is -0.0682. The SMILES string of the molecule is O=C([C@H](c1ccccc1)N1CCCCC1=O)N1CCc2n[nH]c(=O)cc2C1. The van der Waals surface area contributed by atoms with E-state index >= 15 is 0 Å². The van der Waals surface area contributed by atoms with Crippen LogP contribution in [0.1, 0.15) is 42.1 Å². The first-order chi connectivity index (χ1) is 13.1. The lowest BCUT2D eigenvalue weighted by atomic mass is 9.98. The summed E-state index contributed by atoms with van der Waals surface area (Å²) in [5, 5.41) is 6.53. The molecule has 1 atom stereocenters. The van der Waals surface area contributed by atoms with Gasteiger partial charge in [-0.2, -0.15) is 5.10 Å². The molecule has 3 heterocycles. The third kappa shape index (κ3) is 3.49. The Kier molecular flexibility index (Phi) is 4.75. The van der Waals surface area contributed by atoms with Gasteiger partial charge < -0.3 is 9.80 Å². The van der Waals surface area contributed by atoms with E-state index in [1.54, 1.807) is 9.80 Å². The minimum absolute atomic E-state index is 0.0268. The molecule has 27 heavy (non-hydrogen) atoms. The van der Waals surface area contributed by atoms with Gasteiger partial charge in [-0.3, -0.25) is 14.4 Å². The van der Waals surface area contributed by atoms with Gasteiger partial charge in [-0.05, 0) is 18.4 Å². The molecule has 4 rings (SSSR count). The zero-order valence-electron chi connectivity index (χ0n) is 15.1. The lowest BCUT2D eigenvalue weighted by Crippen LogP contribution is -2.48. The molecule has 2 aliphatic heterocycles. The summed E-state index contributed by atoms with van der Waals surface area (Å²) < 4.78 is 0. The summed E-state index contributed by atoms with van der Waals surface area (Å²) in [6.45, 7) is 1.46. The van der Waals surface area contributed by atoms with Gasteiger partial charge >= 0.3 is 0 Å². The van der Waals surface area contributed by atoms with Crippen molar-refractivity contribution in [3.8, 4) is 0 Å². The van der Waals surface area contributed by atoms with E-state index in [-0.39, 0.29) is 17.4 Å². The molecule has 2 aliphatic rings. The van der Waals surface area contributed by atoms with Crippen molar-refractivity contribution in [2.75, 3.05) is 13.1 Å². The molecule has 1 aromatic heterocycles. The lowest BCUT2D eigenvalue weighted by molar-refractivity contribution is -0.148. The van der Waals surface area contributed by atoms with Gasteiger partial charge in [-0.15, -0.1) is 0 Å². The number of hydrogen-bond donors (Lipinski definition) is 1. The van der Waals surface area contributed by atoms with Crippen molar-refractivity contribution in [2.45, 2.75) is 38.3 Å². The molecule has 0 bridgehead atoms. The molecule has 2 amide bonds. The van der Waals surface area contributed by atoms with E-state index in [0.29, 0.717) is 32.5 Å². The number of carbonyl (C=O) groups excluding carboxylic acids is 2. The van der Waals surface area contributed by atoms with E-state index in [9.17, 15) is 14.4 Å². The average molecular weight is 366 g/mol. The van der Waals surface area contributed by atoms with E-state index in [2.05, 4.69) is 10.2 Å². The monoisotopic (exact) mass is 366 g/mol. The summed E-state index contributed by atoms with van der Waals surface area (Å²) in [6.07, 6.45) is 2.85. The van der Waals surface area contributed by atoms with Crippen LogP contribution >= 0.6 is 0 Å². The number of piperidine rings is 1. The Morgan fingerprint density at radius 3 is 2.67 bits per heavy atom. The first kappa shape index (κ1) is 17.5. The van der Waals surface area contributed by atoms with Crippen LogP contribution in [0.3, 0.4) is 0 Å². The van der Waals surface area contributed by atoms with Gasteiger partial charge in [0.1, 0.15) is 6.04 Å². The summed E-state index contributed by atoms with van der Waals surface area (Å²) in [6, 6.07) is 10.4. The van der Waals surface area contributed by atoms with Crippen LogP contribution in [-0.2, 0) is 22.6 Å². The second-order valence-electron chi connectivity index (χ2n) is 7.07. The van der Waals surface area contributed by atoms with Crippen LogP contribution in [-0.4, -0.2) is 44.9 Å². The van der Waals surface area contributed by atoms with Crippen molar-refractivity contribution in [3.05, 3.63) is 63.6 Å². The lowest BCUT2D eigenvalue weighted by Gasteiger charge is -2.38. The number of nitrogens with zero attached hydrogens (tertiary/aromatic N) is 3. The second kappa shape index (κ2) is 7.34. The number of carbonyl (C=O) groups is 2. The van der Waals surface area contributed by atoms with Crippen molar-refractivity contribution < 1.29 is 9.59 Å². The standard InChI is InChI=1S/C20H22N4O3/c25-17-12-15-13-23(11-9-16(15)21-22-17)20(27)19(14-6-2-1-3-7-14)24-10-5-4-8-18(24)26/h1-3,6-7,12,19H,4-5,8-11,13H2,(H,22,25)/t19-/m0/s1. The van der Waals surface area contributed by atoms with Gasteiger partial charge in [0.05, 0.1) is 5.69 Å². The maximum atomic E-state index is 13.5. The molecule has 2 aromatic rings. The van der Waals surface area contributed by atoms with Gasteiger partial charge in [0.15, 0.2) is 0 Å². The van der Waals surface area contributed by atoms with E-state index in [1.165, 1.54) is 6.07 Å². The van der Waals surface area contributed by atoms with Crippen LogP contribution in [0.2, 0.25) is 0 Å². The minimum atomic E-state index is -0.615. The smallest absolute Gasteiger partial charge is 0.264 e. The fourth-order valence-electron chi connectivity index (χ4n) is 3.90. The van der Waals surface area contributed by atoms with Gasteiger partial charge in [0.2, 0.25) is 11.8 Å². The van der Waals surface area contributed by atoms with Crippen LogP contribution in [0.5, 0.6) is 0 Å². The number of hydrogen-bond acceptors (Lipinski definition) is 4. The number of H-pyrrole nitrogens is 1. The van der Waals surface area contributed by atoms with Crippen molar-refractivity contribution in [3.63, 3.8) is 0 Å². The van der Waals surface area contributed by atoms with Crippen molar-refractivity contribution in [1.82, 2.24) is 20.0 Å². The number of fused-ring (bicyclic) bond motifs is 1. The number of likely N-dealkylation sites (tertiary alicyclic amines) is 1. The van der Waals surface area contributed by atoms with E-state index in [4.69, 9.17) is 0 Å². The molecule has 0 spiro atoms. The van der Waals surface area contributed by atoms with Crippen molar-refractivity contribution in [1.29, 1.82) is 0 Å². The number of benzene rings is 1. The molecule has 1 N–H and O–H groups in total. The van der Waals surface area contributed by atoms with Crippen LogP contribution in [0.25, 0.3) is 0 Å². The number of rotatable bonds is 3. The molecule has 0 saturated carbocycles. The Hall–Kier alpha value is -2.96. The van der Waals surface area contributed by atoms with Crippen LogP contribution in [0.4, 0.5) is 0 Å². The molecule has 1 aromatic carbocycles. The molecule has 7 heteroatoms. The molecule has 0 radical (unpaired) electrons. The normalized spacial score (nSPS) is 18.1. The summed E-state index contributed by atoms with van der Waals surface area (Å²) in [4.78, 5) is 41.0. The van der Waals surface area contributed by atoms with E-state index < -0.39 is 6.04 Å². The molecule has 140 valence electrons. The van der Waals surface area contributed by atoms with Crippen LogP contribution < -0.4 is 5.56 Å². The molecular formula is C20H22N4O3. The number of nitrogens with one attached hydrogen (secondary N) is 1. The average Bonchev–Trinajstić information content (AvgIpc) is 2.70. The summed E-state index contributed by atoms with van der Waals surface area (Å²) in [7, 11) is 0. The van der Waals surface area contributed by atoms with Crippen molar-refractivity contribution in [2.24, 2.45) is 0 Å². The zero-order valence-corrected chi connectivity index (χ0v) is 15.1. The molecule has 0 aliphatic carbocycles. The molecular weight excluding hydrogens is 344 g/mol. The predicted molar refractivity (Wildman–Crippen MR) is 98.7 cm³/mol. The van der Waals surface area contributed by atoms with Gasteiger partial charge in [0, 0.05) is 44.1 Å². The Labute approximate surface area is 157 Å². The molecule has 1 saturated heterocycles. The predicted octanol–water partition coefficient (Wildman–Crippen LogP) is 1.41. The molecule has 1 fully saturated rings. The Balaban J connectivity index is 1.65. The second-order valence-corrected chi connectivity index (χ2v) is 7.07. The molecule has 0 unspecified atom stereocenters. The zero-order chi connectivity index (χ0) is 18.8. The Bertz CT molecular complexity index is 909. The fourth-order valence-corrected chi connectivity index (χ4v) is 3.90. The quantitative estimate of drug-likeness (QED) is 0.890. The van der Waals surface area contributed by atoms with Crippen molar-refractivity contribution >= 4 is 11.8 Å². The minimum Gasteiger partial charge on any atom is -0.336 e. The highest BCUT2D eigenvalue weighted by Gasteiger charge is 2.36. The highest BCUT2D eigenvalue weighted by Crippen LogP contribution is 2.29. The summed E-state index contributed by atoms with van der Waals surface area (Å²) >= 11 is 0. The Morgan fingerprint density at radius 2 is 1.89 bits per heavy atom. The maximum absolute atomic E-state index is 13.5. The number of amides is 2. The van der Waals surface area contributed by atoms with Crippen LogP contribution in [0.15, 0.2) is 41.2 Å². The topological polar surface area (TPSA) is 86.4 Å². The van der Waals surface area contributed by atoms with E-state index in [0.717, 1.165) is 29.7 Å².